The molecule has 3 aromatic heterocycles. The van der Waals surface area contributed by atoms with E-state index in [0.29, 0.717) is 18.8 Å². The van der Waals surface area contributed by atoms with Gasteiger partial charge >= 0.3 is 0 Å². The molecular weight excluding hydrogens is 340 g/mol. The number of hydrogen-bond acceptors (Lipinski definition) is 5. The number of carbonyl (C=O) groups excluding carboxylic acids is 1. The monoisotopic (exact) mass is 362 g/mol. The molecule has 3 aromatic rings. The number of nitrogens with zero attached hydrogens (tertiary/aromatic N) is 6. The Morgan fingerprint density at radius 3 is 2.85 bits per heavy atom. The molecule has 7 nitrogen and oxygen atoms in total. The molecule has 4 heterocycles. The van der Waals surface area contributed by atoms with Crippen LogP contribution in [0.5, 0.6) is 0 Å². The van der Waals surface area contributed by atoms with Crippen molar-refractivity contribution in [3.63, 3.8) is 0 Å². The first-order chi connectivity index (χ1) is 13.2. The van der Waals surface area contributed by atoms with E-state index in [4.69, 9.17) is 0 Å². The van der Waals surface area contributed by atoms with Gasteiger partial charge in [0.2, 0.25) is 0 Å². The molecule has 0 unspecified atom stereocenters. The zero-order chi connectivity index (χ0) is 18.6. The van der Waals surface area contributed by atoms with Gasteiger partial charge in [0.1, 0.15) is 11.5 Å². The minimum atomic E-state index is -0.0602. The molecule has 0 aliphatic carbocycles. The molecule has 1 amide bonds. The number of imidazole rings is 1. The highest BCUT2D eigenvalue weighted by molar-refractivity contribution is 5.92. The number of aryl methyl sites for hydroxylation is 1. The van der Waals surface area contributed by atoms with Gasteiger partial charge in [0.25, 0.3) is 5.91 Å². The van der Waals surface area contributed by atoms with Crippen LogP contribution in [0.25, 0.3) is 0 Å². The van der Waals surface area contributed by atoms with Gasteiger partial charge in [0.05, 0.1) is 24.1 Å². The van der Waals surface area contributed by atoms with Crippen molar-refractivity contribution in [1.82, 2.24) is 29.4 Å². The molecule has 7 heteroatoms. The summed E-state index contributed by atoms with van der Waals surface area (Å²) in [4.78, 5) is 32.1. The summed E-state index contributed by atoms with van der Waals surface area (Å²) in [6.45, 7) is 3.93. The van der Waals surface area contributed by atoms with E-state index in [0.717, 1.165) is 36.6 Å². The van der Waals surface area contributed by atoms with Crippen LogP contribution in [-0.4, -0.2) is 48.4 Å². The van der Waals surface area contributed by atoms with Gasteiger partial charge < -0.3 is 9.47 Å². The number of hydrogen-bond donors (Lipinski definition) is 0. The summed E-state index contributed by atoms with van der Waals surface area (Å²) in [6, 6.07) is 5.91. The largest absolute Gasteiger partial charge is 0.337 e. The first-order valence-electron chi connectivity index (χ1n) is 9.19. The van der Waals surface area contributed by atoms with Gasteiger partial charge in [-0.3, -0.25) is 14.8 Å². The van der Waals surface area contributed by atoms with Crippen LogP contribution < -0.4 is 0 Å². The lowest BCUT2D eigenvalue weighted by Gasteiger charge is -2.32. The molecule has 138 valence electrons. The molecule has 0 radical (unpaired) electrons. The summed E-state index contributed by atoms with van der Waals surface area (Å²) in [5, 5.41) is 0. The Kier molecular flexibility index (Phi) is 4.91. The van der Waals surface area contributed by atoms with Crippen LogP contribution >= 0.6 is 0 Å². The van der Waals surface area contributed by atoms with E-state index in [1.54, 1.807) is 18.6 Å². The van der Waals surface area contributed by atoms with Gasteiger partial charge in [0.15, 0.2) is 0 Å². The maximum Gasteiger partial charge on any atom is 0.274 e. The zero-order valence-electron chi connectivity index (χ0n) is 15.3. The summed E-state index contributed by atoms with van der Waals surface area (Å²) in [7, 11) is 0. The highest BCUT2D eigenvalue weighted by Gasteiger charge is 2.28. The van der Waals surface area contributed by atoms with E-state index >= 15 is 0 Å². The van der Waals surface area contributed by atoms with Crippen LogP contribution in [-0.2, 0) is 6.54 Å². The van der Waals surface area contributed by atoms with Crippen LogP contribution in [0.15, 0.2) is 49.2 Å². The Hall–Kier alpha value is -3.09. The van der Waals surface area contributed by atoms with Gasteiger partial charge in [-0.2, -0.15) is 0 Å². The number of carbonyl (C=O) groups is 1. The number of likely N-dealkylation sites (tertiary alicyclic amines) is 1. The third-order valence-corrected chi connectivity index (χ3v) is 4.88. The van der Waals surface area contributed by atoms with Crippen LogP contribution in [0.3, 0.4) is 0 Å². The normalized spacial score (nSPS) is 17.1. The van der Waals surface area contributed by atoms with Crippen molar-refractivity contribution in [3.05, 3.63) is 72.1 Å². The SMILES string of the molecule is Cc1cnc(C(=O)N2CCC[C@H](c3nccn3Cc3ccccn3)C2)cn1. The lowest BCUT2D eigenvalue weighted by molar-refractivity contribution is 0.0697. The Balaban J connectivity index is 1.50. The molecular formula is C20H22N6O. The van der Waals surface area contributed by atoms with Crippen molar-refractivity contribution < 1.29 is 4.79 Å². The fraction of sp³-hybridized carbons (Fsp3) is 0.350. The summed E-state index contributed by atoms with van der Waals surface area (Å²) < 4.78 is 2.13. The molecule has 1 fully saturated rings. The number of piperidine rings is 1. The smallest absolute Gasteiger partial charge is 0.274 e. The fourth-order valence-corrected chi connectivity index (χ4v) is 3.52. The van der Waals surface area contributed by atoms with Crippen molar-refractivity contribution in [2.24, 2.45) is 0 Å². The molecule has 0 N–H and O–H groups in total. The fourth-order valence-electron chi connectivity index (χ4n) is 3.52. The second kappa shape index (κ2) is 7.65. The number of pyridine rings is 1. The van der Waals surface area contributed by atoms with E-state index < -0.39 is 0 Å². The number of aromatic nitrogens is 5. The standard InChI is InChI=1S/C20H22N6O/c1-15-11-24-18(12-23-15)20(27)26-9-4-5-16(13-26)19-22-8-10-25(19)14-17-6-2-3-7-21-17/h2-3,6-8,10-12,16H,4-5,9,13-14H2,1H3/t16-/m0/s1. The molecule has 1 saturated heterocycles. The molecule has 4 rings (SSSR count). The molecule has 0 aromatic carbocycles. The van der Waals surface area contributed by atoms with Crippen LogP contribution in [0.2, 0.25) is 0 Å². The molecule has 27 heavy (non-hydrogen) atoms. The van der Waals surface area contributed by atoms with Crippen LogP contribution in [0.1, 0.15) is 46.5 Å². The Morgan fingerprint density at radius 2 is 2.07 bits per heavy atom. The van der Waals surface area contributed by atoms with Gasteiger partial charge in [-0.15, -0.1) is 0 Å². The van der Waals surface area contributed by atoms with Crippen molar-refractivity contribution in [2.75, 3.05) is 13.1 Å². The maximum atomic E-state index is 12.8. The van der Waals surface area contributed by atoms with Gasteiger partial charge in [-0.05, 0) is 31.9 Å². The van der Waals surface area contributed by atoms with E-state index in [1.807, 2.05) is 42.4 Å². The molecule has 1 aliphatic heterocycles. The van der Waals surface area contributed by atoms with Gasteiger partial charge in [0, 0.05) is 43.8 Å². The van der Waals surface area contributed by atoms with Crippen molar-refractivity contribution in [3.8, 4) is 0 Å². The molecule has 0 spiro atoms. The van der Waals surface area contributed by atoms with Crippen LogP contribution in [0.4, 0.5) is 0 Å². The van der Waals surface area contributed by atoms with Crippen molar-refractivity contribution >= 4 is 5.91 Å². The van der Waals surface area contributed by atoms with Gasteiger partial charge in [-0.1, -0.05) is 6.07 Å². The molecule has 0 saturated carbocycles. The van der Waals surface area contributed by atoms with E-state index in [9.17, 15) is 4.79 Å². The minimum Gasteiger partial charge on any atom is -0.337 e. The first kappa shape index (κ1) is 17.3. The van der Waals surface area contributed by atoms with Crippen molar-refractivity contribution in [1.29, 1.82) is 0 Å². The second-order valence-corrected chi connectivity index (χ2v) is 6.87. The van der Waals surface area contributed by atoms with Gasteiger partial charge in [-0.25, -0.2) is 9.97 Å². The summed E-state index contributed by atoms with van der Waals surface area (Å²) in [5.41, 5.74) is 2.20. The molecule has 1 aliphatic rings. The lowest BCUT2D eigenvalue weighted by Crippen LogP contribution is -2.40. The predicted octanol–water partition coefficient (Wildman–Crippen LogP) is 2.44. The highest BCUT2D eigenvalue weighted by atomic mass is 16.2. The molecule has 0 bridgehead atoms. The first-order valence-corrected chi connectivity index (χ1v) is 9.19. The maximum absolute atomic E-state index is 12.8. The quantitative estimate of drug-likeness (QED) is 0.712. The summed E-state index contributed by atoms with van der Waals surface area (Å²) in [5.74, 6) is 1.16. The summed E-state index contributed by atoms with van der Waals surface area (Å²) in [6.07, 6.45) is 10.8. The third-order valence-electron chi connectivity index (χ3n) is 4.88. The van der Waals surface area contributed by atoms with E-state index in [2.05, 4.69) is 24.5 Å². The second-order valence-electron chi connectivity index (χ2n) is 6.87. The minimum absolute atomic E-state index is 0.0602. The Morgan fingerprint density at radius 1 is 1.15 bits per heavy atom. The molecule has 1 atom stereocenters. The highest BCUT2D eigenvalue weighted by Crippen LogP contribution is 2.27. The number of amides is 1. The topological polar surface area (TPSA) is 76.8 Å². The van der Waals surface area contributed by atoms with Crippen molar-refractivity contribution in [2.45, 2.75) is 32.2 Å². The summed E-state index contributed by atoms with van der Waals surface area (Å²) >= 11 is 0. The third kappa shape index (κ3) is 3.86. The van der Waals surface area contributed by atoms with E-state index in [1.165, 1.54) is 0 Å². The lowest BCUT2D eigenvalue weighted by atomic mass is 9.96. The Labute approximate surface area is 158 Å². The Bertz CT molecular complexity index is 906. The average Bonchev–Trinajstić information content (AvgIpc) is 3.17. The zero-order valence-corrected chi connectivity index (χ0v) is 15.3. The van der Waals surface area contributed by atoms with E-state index in [-0.39, 0.29) is 11.8 Å². The average molecular weight is 362 g/mol. The predicted molar refractivity (Wildman–Crippen MR) is 100 cm³/mol. The number of rotatable bonds is 4. The van der Waals surface area contributed by atoms with Crippen LogP contribution in [0, 0.1) is 6.92 Å².